The van der Waals surface area contributed by atoms with Crippen molar-refractivity contribution in [3.8, 4) is 5.75 Å². The highest BCUT2D eigenvalue weighted by Gasteiger charge is 2.21. The molecule has 0 amide bonds. The first-order valence-corrected chi connectivity index (χ1v) is 12.7. The maximum absolute atomic E-state index is 12.5. The van der Waals surface area contributed by atoms with Gasteiger partial charge in [0.15, 0.2) is 0 Å². The Kier molecular flexibility index (Phi) is 9.59. The molecule has 0 saturated heterocycles. The molecule has 1 aliphatic carbocycles. The van der Waals surface area contributed by atoms with Crippen LogP contribution in [0.3, 0.4) is 0 Å². The largest absolute Gasteiger partial charge is 0.423 e. The Morgan fingerprint density at radius 3 is 2.31 bits per heavy atom. The van der Waals surface area contributed by atoms with Gasteiger partial charge >= 0.3 is 5.97 Å². The number of rotatable bonds is 11. The molecule has 0 saturated carbocycles. The van der Waals surface area contributed by atoms with Crippen LogP contribution in [0.15, 0.2) is 54.6 Å². The Hall–Kier alpha value is -2.35. The van der Waals surface area contributed by atoms with Crippen LogP contribution in [0.5, 0.6) is 5.75 Å². The van der Waals surface area contributed by atoms with Gasteiger partial charge in [-0.1, -0.05) is 83.2 Å². The fraction of sp³-hybridized carbons (Fsp3) is 0.500. The molecule has 0 heterocycles. The zero-order valence-corrected chi connectivity index (χ0v) is 20.2. The zero-order valence-electron chi connectivity index (χ0n) is 20.2. The van der Waals surface area contributed by atoms with E-state index in [2.05, 4.69) is 51.1 Å². The molecule has 2 nitrogen and oxygen atoms in total. The Bertz CT molecular complexity index is 861. The topological polar surface area (TPSA) is 26.3 Å². The summed E-state index contributed by atoms with van der Waals surface area (Å²) in [5.41, 5.74) is 4.54. The molecule has 2 aromatic rings. The molecular weight excluding hydrogens is 392 g/mol. The molecule has 2 aromatic carbocycles. The number of hydrogen-bond donors (Lipinski definition) is 0. The number of esters is 1. The molecule has 0 aliphatic heterocycles. The lowest BCUT2D eigenvalue weighted by Gasteiger charge is -2.27. The van der Waals surface area contributed by atoms with Gasteiger partial charge in [-0.05, 0) is 84.9 Å². The van der Waals surface area contributed by atoms with Crippen molar-refractivity contribution in [2.75, 3.05) is 0 Å². The monoisotopic (exact) mass is 432 g/mol. The number of unbranched alkanes of at least 4 members (excludes halogenated alkanes) is 3. The summed E-state index contributed by atoms with van der Waals surface area (Å²) in [6.07, 6.45) is 14.8. The van der Waals surface area contributed by atoms with Crippen LogP contribution in [0.1, 0.15) is 100 Å². The van der Waals surface area contributed by atoms with E-state index in [0.717, 1.165) is 24.7 Å². The summed E-state index contributed by atoms with van der Waals surface area (Å²) >= 11 is 0. The second-order valence-corrected chi connectivity index (χ2v) is 9.45. The van der Waals surface area contributed by atoms with Gasteiger partial charge in [-0.25, -0.2) is 4.79 Å². The number of carbonyl (C=O) groups excluding carboxylic acids is 1. The summed E-state index contributed by atoms with van der Waals surface area (Å²) in [5.74, 6) is 1.94. The number of carbonyl (C=O) groups is 1. The van der Waals surface area contributed by atoms with Crippen molar-refractivity contribution in [3.05, 3.63) is 71.3 Å². The average molecular weight is 433 g/mol. The third-order valence-electron chi connectivity index (χ3n) is 6.96. The second-order valence-electron chi connectivity index (χ2n) is 9.45. The first-order chi connectivity index (χ1) is 15.6. The molecule has 0 fully saturated rings. The van der Waals surface area contributed by atoms with Crippen LogP contribution in [0.25, 0.3) is 5.57 Å². The Labute approximate surface area is 195 Å². The van der Waals surface area contributed by atoms with Gasteiger partial charge in [0.05, 0.1) is 5.56 Å². The standard InChI is InChI=1S/C30H40O2/c1-4-6-8-9-23(3)25-13-15-26(16-14-25)27-17-19-28(20-18-27)30(31)32-29-21-11-24(12-22-29)10-7-5-2/h11-12,15,17-23,25H,4-10,13-14,16H2,1-3H3. The predicted octanol–water partition coefficient (Wildman–Crippen LogP) is 8.65. The molecule has 0 bridgehead atoms. The van der Waals surface area contributed by atoms with Crippen LogP contribution in [0.4, 0.5) is 0 Å². The Morgan fingerprint density at radius 2 is 1.69 bits per heavy atom. The highest BCUT2D eigenvalue weighted by atomic mass is 16.5. The van der Waals surface area contributed by atoms with Crippen molar-refractivity contribution in [2.45, 2.75) is 85.0 Å². The van der Waals surface area contributed by atoms with E-state index in [-0.39, 0.29) is 5.97 Å². The summed E-state index contributed by atoms with van der Waals surface area (Å²) in [7, 11) is 0. The summed E-state index contributed by atoms with van der Waals surface area (Å²) < 4.78 is 5.57. The van der Waals surface area contributed by atoms with Crippen molar-refractivity contribution in [1.29, 1.82) is 0 Å². The smallest absolute Gasteiger partial charge is 0.343 e. The maximum atomic E-state index is 12.5. The van der Waals surface area contributed by atoms with Crippen molar-refractivity contribution >= 4 is 11.5 Å². The van der Waals surface area contributed by atoms with Crippen LogP contribution >= 0.6 is 0 Å². The fourth-order valence-corrected chi connectivity index (χ4v) is 4.68. The molecule has 2 unspecified atom stereocenters. The SMILES string of the molecule is CCCCCC(C)C1CC=C(c2ccc(C(=O)Oc3ccc(CCCC)cc3)cc2)CC1. The molecule has 0 aromatic heterocycles. The molecule has 0 spiro atoms. The van der Waals surface area contributed by atoms with Crippen LogP contribution in [0.2, 0.25) is 0 Å². The van der Waals surface area contributed by atoms with E-state index in [1.807, 2.05) is 24.3 Å². The number of allylic oxidation sites excluding steroid dienone is 2. The molecule has 2 heteroatoms. The first-order valence-electron chi connectivity index (χ1n) is 12.7. The van der Waals surface area contributed by atoms with Gasteiger partial charge in [-0.2, -0.15) is 0 Å². The van der Waals surface area contributed by atoms with Crippen molar-refractivity contribution in [1.82, 2.24) is 0 Å². The highest BCUT2D eigenvalue weighted by Crippen LogP contribution is 2.35. The van der Waals surface area contributed by atoms with Crippen molar-refractivity contribution in [3.63, 3.8) is 0 Å². The number of hydrogen-bond acceptors (Lipinski definition) is 2. The normalized spacial score (nSPS) is 17.0. The predicted molar refractivity (Wildman–Crippen MR) is 135 cm³/mol. The minimum Gasteiger partial charge on any atom is -0.423 e. The Morgan fingerprint density at radius 1 is 0.969 bits per heavy atom. The van der Waals surface area contributed by atoms with Gasteiger partial charge in [0, 0.05) is 0 Å². The summed E-state index contributed by atoms with van der Waals surface area (Å²) in [5, 5.41) is 0. The lowest BCUT2D eigenvalue weighted by molar-refractivity contribution is 0.0734. The third kappa shape index (κ3) is 7.08. The zero-order chi connectivity index (χ0) is 22.8. The summed E-state index contributed by atoms with van der Waals surface area (Å²) in [6.45, 7) is 6.90. The van der Waals surface area contributed by atoms with E-state index in [1.165, 1.54) is 68.1 Å². The molecule has 1 aliphatic rings. The number of aryl methyl sites for hydroxylation is 1. The number of benzene rings is 2. The highest BCUT2D eigenvalue weighted by molar-refractivity contribution is 5.91. The first kappa shape index (κ1) is 24.3. The lowest BCUT2D eigenvalue weighted by Crippen LogP contribution is -2.14. The molecule has 0 radical (unpaired) electrons. The van der Waals surface area contributed by atoms with E-state index in [9.17, 15) is 4.79 Å². The van der Waals surface area contributed by atoms with E-state index in [4.69, 9.17) is 4.74 Å². The van der Waals surface area contributed by atoms with Crippen molar-refractivity contribution in [2.24, 2.45) is 11.8 Å². The summed E-state index contributed by atoms with van der Waals surface area (Å²) in [4.78, 5) is 12.5. The maximum Gasteiger partial charge on any atom is 0.343 e. The van der Waals surface area contributed by atoms with Gasteiger partial charge < -0.3 is 4.74 Å². The molecule has 32 heavy (non-hydrogen) atoms. The van der Waals surface area contributed by atoms with Gasteiger partial charge in [0.25, 0.3) is 0 Å². The van der Waals surface area contributed by atoms with Crippen LogP contribution in [-0.4, -0.2) is 5.97 Å². The van der Waals surface area contributed by atoms with Gasteiger partial charge in [0.1, 0.15) is 5.75 Å². The lowest BCUT2D eigenvalue weighted by atomic mass is 9.78. The minimum atomic E-state index is -0.295. The molecule has 2 atom stereocenters. The fourth-order valence-electron chi connectivity index (χ4n) is 4.68. The third-order valence-corrected chi connectivity index (χ3v) is 6.96. The van der Waals surface area contributed by atoms with E-state index < -0.39 is 0 Å². The van der Waals surface area contributed by atoms with Crippen LogP contribution < -0.4 is 4.74 Å². The second kappa shape index (κ2) is 12.6. The minimum absolute atomic E-state index is 0.295. The molecule has 0 N–H and O–H groups in total. The summed E-state index contributed by atoms with van der Waals surface area (Å²) in [6, 6.07) is 15.8. The van der Waals surface area contributed by atoms with Crippen LogP contribution in [0, 0.1) is 11.8 Å². The number of ether oxygens (including phenoxy) is 1. The van der Waals surface area contributed by atoms with E-state index in [1.54, 1.807) is 0 Å². The van der Waals surface area contributed by atoms with Crippen molar-refractivity contribution < 1.29 is 9.53 Å². The Balaban J connectivity index is 1.53. The van der Waals surface area contributed by atoms with Crippen LogP contribution in [-0.2, 0) is 6.42 Å². The average Bonchev–Trinajstić information content (AvgIpc) is 2.84. The van der Waals surface area contributed by atoms with Gasteiger partial charge in [-0.3, -0.25) is 0 Å². The molecular formula is C30H40O2. The molecule has 172 valence electrons. The quantitative estimate of drug-likeness (QED) is 0.202. The van der Waals surface area contributed by atoms with Gasteiger partial charge in [-0.15, -0.1) is 0 Å². The van der Waals surface area contributed by atoms with E-state index in [0.29, 0.717) is 11.3 Å². The molecule has 3 rings (SSSR count). The van der Waals surface area contributed by atoms with E-state index >= 15 is 0 Å². The van der Waals surface area contributed by atoms with Gasteiger partial charge in [0.2, 0.25) is 0 Å².